The van der Waals surface area contributed by atoms with Crippen molar-refractivity contribution in [3.63, 3.8) is 0 Å². The van der Waals surface area contributed by atoms with Crippen LogP contribution in [0.1, 0.15) is 32.1 Å². The van der Waals surface area contributed by atoms with Gasteiger partial charge in [-0.15, -0.1) is 0 Å². The van der Waals surface area contributed by atoms with Crippen LogP contribution in [0.4, 0.5) is 20.4 Å². The summed E-state index contributed by atoms with van der Waals surface area (Å²) in [6, 6.07) is 8.72. The second-order valence-electron chi connectivity index (χ2n) is 11.3. The van der Waals surface area contributed by atoms with Crippen molar-refractivity contribution >= 4 is 44.2 Å². The first-order valence-corrected chi connectivity index (χ1v) is 16.5. The third kappa shape index (κ3) is 6.67. The van der Waals surface area contributed by atoms with E-state index in [0.717, 1.165) is 63.4 Å². The molecule has 1 saturated heterocycles. The molecule has 1 saturated carbocycles. The minimum Gasteiger partial charge on any atom is -0.480 e. The topological polar surface area (TPSA) is 119 Å². The lowest BCUT2D eigenvalue weighted by molar-refractivity contribution is 0.0947. The van der Waals surface area contributed by atoms with E-state index in [-0.39, 0.29) is 22.5 Å². The largest absolute Gasteiger partial charge is 0.480 e. The van der Waals surface area contributed by atoms with Crippen LogP contribution in [0.2, 0.25) is 5.02 Å². The summed E-state index contributed by atoms with van der Waals surface area (Å²) in [6.07, 6.45) is 8.46. The van der Waals surface area contributed by atoms with E-state index in [4.69, 9.17) is 21.1 Å². The Morgan fingerprint density at radius 2 is 1.80 bits per heavy atom. The van der Waals surface area contributed by atoms with Gasteiger partial charge in [-0.1, -0.05) is 17.7 Å². The van der Waals surface area contributed by atoms with Gasteiger partial charge in [0.05, 0.1) is 35.0 Å². The summed E-state index contributed by atoms with van der Waals surface area (Å²) in [5.74, 6) is -1.68. The molecule has 0 bridgehead atoms. The molecule has 1 aliphatic heterocycles. The fourth-order valence-electron chi connectivity index (χ4n) is 6.15. The summed E-state index contributed by atoms with van der Waals surface area (Å²) in [4.78, 5) is 15.1. The Hall–Kier alpha value is -3.65. The molecule has 0 radical (unpaired) electrons. The number of benzene rings is 2. The van der Waals surface area contributed by atoms with Gasteiger partial charge in [0, 0.05) is 50.1 Å². The van der Waals surface area contributed by atoms with Crippen LogP contribution in [0.15, 0.2) is 53.7 Å². The Kier molecular flexibility index (Phi) is 9.05. The number of nitrogens with one attached hydrogen (secondary N) is 2. The monoisotopic (exact) mass is 658 g/mol. The van der Waals surface area contributed by atoms with Crippen molar-refractivity contribution in [2.24, 2.45) is 0 Å². The van der Waals surface area contributed by atoms with Crippen LogP contribution in [0.5, 0.6) is 5.88 Å². The molecule has 3 heterocycles. The fraction of sp³-hybridized carbons (Fsp3) is 0.387. The van der Waals surface area contributed by atoms with Gasteiger partial charge in [0.25, 0.3) is 10.0 Å². The Morgan fingerprint density at radius 1 is 1.00 bits per heavy atom. The third-order valence-electron chi connectivity index (χ3n) is 8.53. The molecule has 1 atom stereocenters. The summed E-state index contributed by atoms with van der Waals surface area (Å²) >= 11 is 5.93. The number of nitrogens with zero attached hydrogens (tertiary/aromatic N) is 4. The zero-order valence-electron chi connectivity index (χ0n) is 24.8. The lowest BCUT2D eigenvalue weighted by Gasteiger charge is -2.34. The van der Waals surface area contributed by atoms with Crippen LogP contribution >= 0.6 is 11.6 Å². The van der Waals surface area contributed by atoms with Gasteiger partial charge >= 0.3 is 0 Å². The molecule has 2 aromatic carbocycles. The summed E-state index contributed by atoms with van der Waals surface area (Å²) in [7, 11) is -1.37. The normalized spacial score (nSPS) is 20.8. The highest BCUT2D eigenvalue weighted by molar-refractivity contribution is 7.92. The number of anilines is 2. The van der Waals surface area contributed by atoms with Crippen molar-refractivity contribution in [3.8, 4) is 17.0 Å². The minimum absolute atomic E-state index is 0.0408. The second kappa shape index (κ2) is 13.0. The van der Waals surface area contributed by atoms with Gasteiger partial charge in [-0.05, 0) is 68.0 Å². The van der Waals surface area contributed by atoms with Gasteiger partial charge in [0.15, 0.2) is 10.7 Å². The number of hydrogen-bond donors (Lipinski definition) is 2. The predicted molar refractivity (Wildman–Crippen MR) is 168 cm³/mol. The molecule has 0 unspecified atom stereocenters. The average Bonchev–Trinajstić information content (AvgIpc) is 3.52. The Bertz CT molecular complexity index is 1820. The lowest BCUT2D eigenvalue weighted by atomic mass is 9.90. The fourth-order valence-corrected chi connectivity index (χ4v) is 7.58. The molecule has 45 heavy (non-hydrogen) atoms. The molecular formula is C31H33ClF2N6O4S. The van der Waals surface area contributed by atoms with Crippen LogP contribution in [0.25, 0.3) is 22.0 Å². The number of ether oxygens (including phenoxy) is 2. The number of likely N-dealkylation sites (tertiary alicyclic amines) is 1. The average molecular weight is 659 g/mol. The number of fused-ring (bicyclic) bond motifs is 1. The van der Waals surface area contributed by atoms with Crippen molar-refractivity contribution in [1.82, 2.24) is 19.9 Å². The Labute approximate surface area is 265 Å². The molecule has 10 nitrogen and oxygen atoms in total. The summed E-state index contributed by atoms with van der Waals surface area (Å²) in [5.41, 5.74) is -0.0593. The predicted octanol–water partition coefficient (Wildman–Crippen LogP) is 5.88. The summed E-state index contributed by atoms with van der Waals surface area (Å²) in [6.45, 7) is 2.08. The van der Waals surface area contributed by atoms with E-state index in [2.05, 4.69) is 29.9 Å². The van der Waals surface area contributed by atoms with Crippen molar-refractivity contribution in [2.45, 2.75) is 55.2 Å². The molecule has 2 aromatic heterocycles. The van der Waals surface area contributed by atoms with Crippen LogP contribution in [0, 0.1) is 11.6 Å². The van der Waals surface area contributed by atoms with E-state index in [1.54, 1.807) is 25.4 Å². The first-order valence-electron chi connectivity index (χ1n) is 14.7. The zero-order valence-corrected chi connectivity index (χ0v) is 26.3. The van der Waals surface area contributed by atoms with Gasteiger partial charge in [-0.25, -0.2) is 32.2 Å². The minimum atomic E-state index is -4.39. The summed E-state index contributed by atoms with van der Waals surface area (Å²) in [5, 5.41) is 4.06. The lowest BCUT2D eigenvalue weighted by Crippen LogP contribution is -2.40. The molecule has 2 fully saturated rings. The molecule has 1 aliphatic carbocycles. The zero-order chi connectivity index (χ0) is 31.7. The number of halogens is 3. The van der Waals surface area contributed by atoms with Crippen molar-refractivity contribution < 1.29 is 26.7 Å². The highest BCUT2D eigenvalue weighted by atomic mass is 35.5. The molecule has 4 aromatic rings. The number of aromatic nitrogens is 3. The molecular weight excluding hydrogens is 626 g/mol. The Morgan fingerprint density at radius 3 is 2.53 bits per heavy atom. The van der Waals surface area contributed by atoms with E-state index >= 15 is 8.78 Å². The molecule has 0 spiro atoms. The van der Waals surface area contributed by atoms with Crippen molar-refractivity contribution in [3.05, 3.63) is 65.4 Å². The number of rotatable bonds is 9. The SMILES string of the molecule is COc1ncc(Cl)cc1S(=O)(=O)Nc1ccc(F)c(-c2ccc3nc(N[C@H]4CC[C@@H](N5CC[C@@H](OC)C5)CC4)ncc3c2)c1F. The maximum Gasteiger partial charge on any atom is 0.267 e. The highest BCUT2D eigenvalue weighted by Gasteiger charge is 2.31. The standard InChI is InChI=1S/C31H33ClF2N6O4S/c1-43-23-11-12-40(17-23)22-6-4-21(5-7-22)37-31-36-15-19-13-18(3-9-25(19)38-31)28-24(33)8-10-26(29(28)34)39-45(41,42)27-14-20(32)16-35-30(27)44-2/h3,8-10,13-16,21-23,39H,4-7,11-12,17H2,1-2H3,(H,36,37,38)/t21-,22+,23-/m1/s1. The maximum atomic E-state index is 15.7. The number of hydrogen-bond acceptors (Lipinski definition) is 9. The van der Waals surface area contributed by atoms with Gasteiger partial charge in [0.2, 0.25) is 11.8 Å². The van der Waals surface area contributed by atoms with Crippen LogP contribution < -0.4 is 14.8 Å². The van der Waals surface area contributed by atoms with E-state index in [1.165, 1.54) is 19.4 Å². The van der Waals surface area contributed by atoms with Crippen molar-refractivity contribution in [1.29, 1.82) is 0 Å². The smallest absolute Gasteiger partial charge is 0.267 e. The van der Waals surface area contributed by atoms with Gasteiger partial charge in [-0.2, -0.15) is 0 Å². The van der Waals surface area contributed by atoms with Gasteiger partial charge < -0.3 is 14.8 Å². The third-order valence-corrected chi connectivity index (χ3v) is 10.1. The maximum absolute atomic E-state index is 15.7. The van der Waals surface area contributed by atoms with E-state index in [1.807, 2.05) is 0 Å². The number of sulfonamides is 1. The van der Waals surface area contributed by atoms with Crippen LogP contribution in [-0.2, 0) is 14.8 Å². The highest BCUT2D eigenvalue weighted by Crippen LogP contribution is 2.35. The van der Waals surface area contributed by atoms with E-state index in [0.29, 0.717) is 29.0 Å². The van der Waals surface area contributed by atoms with Crippen LogP contribution in [-0.4, -0.2) is 73.8 Å². The number of methoxy groups -OCH3 is 2. The van der Waals surface area contributed by atoms with Crippen molar-refractivity contribution in [2.75, 3.05) is 37.3 Å². The first-order chi connectivity index (χ1) is 21.6. The summed E-state index contributed by atoms with van der Waals surface area (Å²) < 4.78 is 69.6. The second-order valence-corrected chi connectivity index (χ2v) is 13.4. The number of pyridine rings is 1. The van der Waals surface area contributed by atoms with E-state index < -0.39 is 37.8 Å². The Balaban J connectivity index is 1.17. The molecule has 14 heteroatoms. The van der Waals surface area contributed by atoms with Crippen LogP contribution in [0.3, 0.4) is 0 Å². The molecule has 238 valence electrons. The van der Waals surface area contributed by atoms with E-state index in [9.17, 15) is 8.42 Å². The molecule has 0 amide bonds. The first kappa shape index (κ1) is 31.3. The molecule has 2 aliphatic rings. The molecule has 2 N–H and O–H groups in total. The van der Waals surface area contributed by atoms with Gasteiger partial charge in [-0.3, -0.25) is 9.62 Å². The molecule has 6 rings (SSSR count). The van der Waals surface area contributed by atoms with Gasteiger partial charge in [0.1, 0.15) is 5.82 Å². The quantitative estimate of drug-likeness (QED) is 0.227.